The quantitative estimate of drug-likeness (QED) is 0.820. The van der Waals surface area contributed by atoms with Crippen LogP contribution in [-0.4, -0.2) is 23.1 Å². The fourth-order valence-corrected chi connectivity index (χ4v) is 3.57. The molecule has 1 aliphatic heterocycles. The maximum Gasteiger partial charge on any atom is 0.115 e. The van der Waals surface area contributed by atoms with Gasteiger partial charge in [-0.15, -0.1) is 0 Å². The molecule has 0 aromatic heterocycles. The summed E-state index contributed by atoms with van der Waals surface area (Å²) in [6.45, 7) is 7.13. The molecule has 2 heteroatoms. The first-order chi connectivity index (χ1) is 8.65. The van der Waals surface area contributed by atoms with Crippen LogP contribution >= 0.6 is 0 Å². The van der Waals surface area contributed by atoms with Gasteiger partial charge in [0.15, 0.2) is 0 Å². The average Bonchev–Trinajstić information content (AvgIpc) is 2.68. The maximum atomic E-state index is 9.73. The third kappa shape index (κ3) is 2.03. The minimum absolute atomic E-state index is 0.418. The summed E-state index contributed by atoms with van der Waals surface area (Å²) in [5.74, 6) is 2.02. The Bertz CT molecular complexity index is 433. The van der Waals surface area contributed by atoms with Gasteiger partial charge in [-0.2, -0.15) is 0 Å². The first kappa shape index (κ1) is 12.0. The molecule has 1 heterocycles. The van der Waals surface area contributed by atoms with Crippen LogP contribution in [0.5, 0.6) is 5.75 Å². The second-order valence-electron chi connectivity index (χ2n) is 6.20. The molecule has 2 aliphatic rings. The van der Waals surface area contributed by atoms with Crippen molar-refractivity contribution < 1.29 is 5.11 Å². The standard InChI is InChI=1S/C16H23NO/c1-11-9-17(10-12(11)2)16-5-3-4-13-6-7-14(18)8-15(13)16/h6-8,11-12,16,18H,3-5,9-10H2,1-2H3. The molecule has 1 aromatic carbocycles. The van der Waals surface area contributed by atoms with Gasteiger partial charge in [-0.25, -0.2) is 0 Å². The van der Waals surface area contributed by atoms with Crippen molar-refractivity contribution in [1.29, 1.82) is 0 Å². The number of hydrogen-bond donors (Lipinski definition) is 1. The highest BCUT2D eigenvalue weighted by Gasteiger charge is 2.33. The lowest BCUT2D eigenvalue weighted by atomic mass is 9.86. The lowest BCUT2D eigenvalue weighted by Crippen LogP contribution is -2.29. The second kappa shape index (κ2) is 4.58. The summed E-state index contributed by atoms with van der Waals surface area (Å²) in [6, 6.07) is 6.47. The molecule has 0 amide bonds. The van der Waals surface area contributed by atoms with Gasteiger partial charge in [0.25, 0.3) is 0 Å². The minimum Gasteiger partial charge on any atom is -0.508 e. The molecule has 0 spiro atoms. The van der Waals surface area contributed by atoms with E-state index in [9.17, 15) is 5.11 Å². The van der Waals surface area contributed by atoms with Gasteiger partial charge in [0.1, 0.15) is 5.75 Å². The van der Waals surface area contributed by atoms with Crippen LogP contribution in [0.2, 0.25) is 0 Å². The summed E-state index contributed by atoms with van der Waals surface area (Å²) in [4.78, 5) is 2.63. The second-order valence-corrected chi connectivity index (χ2v) is 6.20. The van der Waals surface area contributed by atoms with Gasteiger partial charge in [0.05, 0.1) is 0 Å². The molecule has 1 saturated heterocycles. The normalized spacial score (nSPS) is 32.4. The van der Waals surface area contributed by atoms with Crippen molar-refractivity contribution >= 4 is 0 Å². The SMILES string of the molecule is CC1CN(C2CCCc3ccc(O)cc32)CC1C. The first-order valence-electron chi connectivity index (χ1n) is 7.21. The van der Waals surface area contributed by atoms with Crippen LogP contribution in [0.15, 0.2) is 18.2 Å². The van der Waals surface area contributed by atoms with E-state index in [0.29, 0.717) is 11.8 Å². The van der Waals surface area contributed by atoms with Crippen molar-refractivity contribution in [2.24, 2.45) is 11.8 Å². The van der Waals surface area contributed by atoms with Crippen molar-refractivity contribution in [3.63, 3.8) is 0 Å². The Morgan fingerprint density at radius 1 is 1.17 bits per heavy atom. The van der Waals surface area contributed by atoms with E-state index in [4.69, 9.17) is 0 Å². The molecule has 3 atom stereocenters. The average molecular weight is 245 g/mol. The Hall–Kier alpha value is -1.02. The highest BCUT2D eigenvalue weighted by Crippen LogP contribution is 2.39. The van der Waals surface area contributed by atoms with E-state index < -0.39 is 0 Å². The van der Waals surface area contributed by atoms with Crippen LogP contribution < -0.4 is 0 Å². The highest BCUT2D eigenvalue weighted by atomic mass is 16.3. The number of likely N-dealkylation sites (tertiary alicyclic amines) is 1. The Labute approximate surface area is 110 Å². The number of phenols is 1. The van der Waals surface area contributed by atoms with E-state index in [-0.39, 0.29) is 0 Å². The minimum atomic E-state index is 0.418. The molecular formula is C16H23NO. The third-order valence-corrected chi connectivity index (χ3v) is 4.87. The maximum absolute atomic E-state index is 9.73. The molecule has 18 heavy (non-hydrogen) atoms. The summed E-state index contributed by atoms with van der Waals surface area (Å²) in [5, 5.41) is 9.73. The molecule has 1 N–H and O–H groups in total. The predicted molar refractivity (Wildman–Crippen MR) is 73.7 cm³/mol. The van der Waals surface area contributed by atoms with Gasteiger partial charge in [0.2, 0.25) is 0 Å². The zero-order valence-electron chi connectivity index (χ0n) is 11.4. The van der Waals surface area contributed by atoms with Crippen molar-refractivity contribution in [3.8, 4) is 5.75 Å². The van der Waals surface area contributed by atoms with Crippen LogP contribution in [0.4, 0.5) is 0 Å². The zero-order valence-corrected chi connectivity index (χ0v) is 11.4. The van der Waals surface area contributed by atoms with Gasteiger partial charge in [-0.1, -0.05) is 19.9 Å². The molecule has 0 bridgehead atoms. The summed E-state index contributed by atoms with van der Waals surface area (Å²) in [7, 11) is 0. The molecule has 1 aliphatic carbocycles. The Kier molecular flexibility index (Phi) is 3.06. The van der Waals surface area contributed by atoms with Gasteiger partial charge in [-0.05, 0) is 54.4 Å². The van der Waals surface area contributed by atoms with Crippen LogP contribution in [-0.2, 0) is 6.42 Å². The lowest BCUT2D eigenvalue weighted by Gasteiger charge is -2.33. The molecule has 3 rings (SSSR count). The van der Waals surface area contributed by atoms with E-state index in [1.807, 2.05) is 12.1 Å². The van der Waals surface area contributed by atoms with E-state index >= 15 is 0 Å². The van der Waals surface area contributed by atoms with Crippen molar-refractivity contribution in [2.75, 3.05) is 13.1 Å². The predicted octanol–water partition coefficient (Wildman–Crippen LogP) is 3.36. The van der Waals surface area contributed by atoms with E-state index in [1.54, 1.807) is 0 Å². The monoisotopic (exact) mass is 245 g/mol. The van der Waals surface area contributed by atoms with E-state index in [1.165, 1.54) is 43.5 Å². The molecule has 1 fully saturated rings. The number of hydrogen-bond acceptors (Lipinski definition) is 2. The molecule has 1 aromatic rings. The summed E-state index contributed by atoms with van der Waals surface area (Å²) in [6.07, 6.45) is 3.70. The van der Waals surface area contributed by atoms with Crippen molar-refractivity contribution in [2.45, 2.75) is 39.2 Å². The number of fused-ring (bicyclic) bond motifs is 1. The third-order valence-electron chi connectivity index (χ3n) is 4.87. The number of aromatic hydroxyl groups is 1. The highest BCUT2D eigenvalue weighted by molar-refractivity contribution is 5.38. The van der Waals surface area contributed by atoms with Gasteiger partial charge in [-0.3, -0.25) is 4.90 Å². The molecule has 98 valence electrons. The number of rotatable bonds is 1. The molecule has 0 saturated carbocycles. The van der Waals surface area contributed by atoms with Crippen molar-refractivity contribution in [1.82, 2.24) is 4.90 Å². The number of aryl methyl sites for hydroxylation is 1. The molecule has 3 unspecified atom stereocenters. The van der Waals surface area contributed by atoms with Crippen LogP contribution in [0.3, 0.4) is 0 Å². The molecular weight excluding hydrogens is 222 g/mol. The molecule has 0 radical (unpaired) electrons. The van der Waals surface area contributed by atoms with Gasteiger partial charge < -0.3 is 5.11 Å². The largest absolute Gasteiger partial charge is 0.508 e. The van der Waals surface area contributed by atoms with Crippen LogP contribution in [0.25, 0.3) is 0 Å². The summed E-state index contributed by atoms with van der Waals surface area (Å²) < 4.78 is 0. The lowest BCUT2D eigenvalue weighted by molar-refractivity contribution is 0.211. The van der Waals surface area contributed by atoms with Gasteiger partial charge in [0, 0.05) is 19.1 Å². The Morgan fingerprint density at radius 3 is 2.61 bits per heavy atom. The van der Waals surface area contributed by atoms with Crippen molar-refractivity contribution in [3.05, 3.63) is 29.3 Å². The van der Waals surface area contributed by atoms with E-state index in [2.05, 4.69) is 24.8 Å². The van der Waals surface area contributed by atoms with Crippen LogP contribution in [0.1, 0.15) is 43.9 Å². The van der Waals surface area contributed by atoms with Gasteiger partial charge >= 0.3 is 0 Å². The van der Waals surface area contributed by atoms with Crippen LogP contribution in [0, 0.1) is 11.8 Å². The first-order valence-corrected chi connectivity index (χ1v) is 7.21. The Morgan fingerprint density at radius 2 is 1.89 bits per heavy atom. The van der Waals surface area contributed by atoms with E-state index in [0.717, 1.165) is 11.8 Å². The number of benzene rings is 1. The molecule has 2 nitrogen and oxygen atoms in total. The number of nitrogens with zero attached hydrogens (tertiary/aromatic N) is 1. The summed E-state index contributed by atoms with van der Waals surface area (Å²) >= 11 is 0. The Balaban J connectivity index is 1.89. The fraction of sp³-hybridized carbons (Fsp3) is 0.625. The number of phenolic OH excluding ortho intramolecular Hbond substituents is 1. The summed E-state index contributed by atoms with van der Waals surface area (Å²) in [5.41, 5.74) is 2.82. The fourth-order valence-electron chi connectivity index (χ4n) is 3.57. The zero-order chi connectivity index (χ0) is 12.7. The topological polar surface area (TPSA) is 23.5 Å². The smallest absolute Gasteiger partial charge is 0.115 e.